The van der Waals surface area contributed by atoms with Crippen LogP contribution in [0.2, 0.25) is 0 Å². The molecular formula is C14H16FN3O2. The first kappa shape index (κ1) is 14.0. The van der Waals surface area contributed by atoms with Gasteiger partial charge >= 0.3 is 5.97 Å². The number of anilines is 1. The van der Waals surface area contributed by atoms with Crippen LogP contribution < -0.4 is 5.73 Å². The van der Waals surface area contributed by atoms with Crippen LogP contribution in [0.3, 0.4) is 0 Å². The van der Waals surface area contributed by atoms with Crippen molar-refractivity contribution in [2.75, 3.05) is 12.8 Å². The van der Waals surface area contributed by atoms with Gasteiger partial charge in [-0.05, 0) is 17.7 Å². The summed E-state index contributed by atoms with van der Waals surface area (Å²) in [5.74, 6) is 0.00717. The molecule has 0 aliphatic heterocycles. The van der Waals surface area contributed by atoms with Crippen molar-refractivity contribution in [3.05, 3.63) is 47.2 Å². The highest BCUT2D eigenvalue weighted by Gasteiger charge is 2.20. The van der Waals surface area contributed by atoms with E-state index >= 15 is 0 Å². The number of aromatic nitrogens is 2. The summed E-state index contributed by atoms with van der Waals surface area (Å²) in [4.78, 5) is 15.8. The summed E-state index contributed by atoms with van der Waals surface area (Å²) in [5.41, 5.74) is 6.80. The monoisotopic (exact) mass is 277 g/mol. The van der Waals surface area contributed by atoms with Crippen molar-refractivity contribution in [1.82, 2.24) is 9.55 Å². The van der Waals surface area contributed by atoms with Gasteiger partial charge in [0.25, 0.3) is 0 Å². The van der Waals surface area contributed by atoms with Crippen molar-refractivity contribution in [3.8, 4) is 0 Å². The zero-order valence-electron chi connectivity index (χ0n) is 11.4. The van der Waals surface area contributed by atoms with Crippen LogP contribution in [-0.4, -0.2) is 22.6 Å². The number of nitrogens with two attached hydrogens (primary N) is 1. The average Bonchev–Trinajstić information content (AvgIpc) is 2.75. The van der Waals surface area contributed by atoms with E-state index in [2.05, 4.69) is 9.72 Å². The van der Waals surface area contributed by atoms with Crippen molar-refractivity contribution >= 4 is 11.8 Å². The molecule has 1 aromatic heterocycles. The van der Waals surface area contributed by atoms with Crippen LogP contribution in [0.15, 0.2) is 24.3 Å². The van der Waals surface area contributed by atoms with Crippen molar-refractivity contribution < 1.29 is 13.9 Å². The second kappa shape index (κ2) is 5.73. The number of aryl methyl sites for hydroxylation is 1. The summed E-state index contributed by atoms with van der Waals surface area (Å²) in [6, 6.07) is 6.22. The zero-order chi connectivity index (χ0) is 14.7. The topological polar surface area (TPSA) is 70.1 Å². The molecule has 1 aromatic carbocycles. The summed E-state index contributed by atoms with van der Waals surface area (Å²) in [6.07, 6.45) is 0.608. The Morgan fingerprint density at radius 2 is 2.25 bits per heavy atom. The summed E-state index contributed by atoms with van der Waals surface area (Å²) >= 11 is 0. The molecule has 0 radical (unpaired) electrons. The number of carbonyl (C=O) groups excluding carboxylic acids is 1. The fraction of sp³-hybridized carbons (Fsp3) is 0.286. The molecule has 2 rings (SSSR count). The molecule has 0 aliphatic carbocycles. The minimum absolute atomic E-state index is 0.0979. The molecule has 0 saturated carbocycles. The number of halogens is 1. The smallest absolute Gasteiger partial charge is 0.360 e. The Kier molecular flexibility index (Phi) is 4.02. The molecular weight excluding hydrogens is 261 g/mol. The summed E-state index contributed by atoms with van der Waals surface area (Å²) in [6.45, 7) is 2.27. The number of carbonyl (C=O) groups is 1. The molecule has 0 fully saturated rings. The van der Waals surface area contributed by atoms with Crippen molar-refractivity contribution in [2.24, 2.45) is 0 Å². The maximum atomic E-state index is 13.2. The van der Waals surface area contributed by atoms with E-state index in [1.807, 2.05) is 6.92 Å². The number of nitrogens with zero attached hydrogens (tertiary/aromatic N) is 2. The number of imidazole rings is 1. The van der Waals surface area contributed by atoms with Gasteiger partial charge in [0.15, 0.2) is 5.69 Å². The first-order chi connectivity index (χ1) is 9.56. The Labute approximate surface area is 116 Å². The fourth-order valence-electron chi connectivity index (χ4n) is 2.02. The summed E-state index contributed by atoms with van der Waals surface area (Å²) in [5, 5.41) is 0. The van der Waals surface area contributed by atoms with E-state index in [1.165, 1.54) is 19.2 Å². The molecule has 0 atom stereocenters. The lowest BCUT2D eigenvalue weighted by molar-refractivity contribution is 0.0595. The first-order valence-corrected chi connectivity index (χ1v) is 6.24. The van der Waals surface area contributed by atoms with Gasteiger partial charge in [-0.1, -0.05) is 19.1 Å². The maximum absolute atomic E-state index is 13.2. The quantitative estimate of drug-likeness (QED) is 0.868. The molecule has 2 aromatic rings. The summed E-state index contributed by atoms with van der Waals surface area (Å²) in [7, 11) is 1.28. The van der Waals surface area contributed by atoms with E-state index in [1.54, 1.807) is 16.7 Å². The highest BCUT2D eigenvalue weighted by Crippen LogP contribution is 2.18. The highest BCUT2D eigenvalue weighted by atomic mass is 19.1. The van der Waals surface area contributed by atoms with Crippen molar-refractivity contribution in [1.29, 1.82) is 0 Å². The molecule has 0 amide bonds. The molecule has 0 unspecified atom stereocenters. The van der Waals surface area contributed by atoms with Crippen molar-refractivity contribution in [2.45, 2.75) is 19.9 Å². The lowest BCUT2D eigenvalue weighted by Gasteiger charge is -2.09. The molecule has 0 saturated heterocycles. The minimum Gasteiger partial charge on any atom is -0.464 e. The predicted octanol–water partition coefficient (Wildman–Crippen LogP) is 2.00. The third-order valence-electron chi connectivity index (χ3n) is 3.01. The van der Waals surface area contributed by atoms with Gasteiger partial charge in [0, 0.05) is 6.42 Å². The van der Waals surface area contributed by atoms with Gasteiger partial charge < -0.3 is 15.0 Å². The third kappa shape index (κ3) is 2.64. The Bertz CT molecular complexity index is 637. The van der Waals surface area contributed by atoms with E-state index in [0.717, 1.165) is 5.56 Å². The molecule has 0 bridgehead atoms. The molecule has 20 heavy (non-hydrogen) atoms. The van der Waals surface area contributed by atoms with Crippen LogP contribution in [0.5, 0.6) is 0 Å². The van der Waals surface area contributed by atoms with Gasteiger partial charge in [-0.2, -0.15) is 0 Å². The van der Waals surface area contributed by atoms with Gasteiger partial charge in [-0.15, -0.1) is 0 Å². The summed E-state index contributed by atoms with van der Waals surface area (Å²) < 4.78 is 19.6. The van der Waals surface area contributed by atoms with Gasteiger partial charge in [0.1, 0.15) is 17.5 Å². The standard InChI is InChI=1S/C14H16FN3O2/c1-3-11-17-12(14(19)20-2)13(16)18(11)8-9-5-4-6-10(15)7-9/h4-7H,3,8,16H2,1-2H3. The van der Waals surface area contributed by atoms with Crippen LogP contribution in [0.1, 0.15) is 28.8 Å². The first-order valence-electron chi connectivity index (χ1n) is 6.24. The number of rotatable bonds is 4. The van der Waals surface area contributed by atoms with Crippen LogP contribution in [0.4, 0.5) is 10.2 Å². The molecule has 0 spiro atoms. The Hall–Kier alpha value is -2.37. The number of hydrogen-bond donors (Lipinski definition) is 1. The van der Waals surface area contributed by atoms with Gasteiger partial charge in [0.2, 0.25) is 0 Å². The lowest BCUT2D eigenvalue weighted by Crippen LogP contribution is -2.10. The maximum Gasteiger partial charge on any atom is 0.360 e. The van der Waals surface area contributed by atoms with Gasteiger partial charge in [-0.3, -0.25) is 0 Å². The normalized spacial score (nSPS) is 10.6. The van der Waals surface area contributed by atoms with E-state index in [0.29, 0.717) is 18.8 Å². The number of methoxy groups -OCH3 is 1. The molecule has 6 heteroatoms. The van der Waals surface area contributed by atoms with Gasteiger partial charge in [-0.25, -0.2) is 14.2 Å². The van der Waals surface area contributed by atoms with Crippen LogP contribution in [-0.2, 0) is 17.7 Å². The van der Waals surface area contributed by atoms with Crippen LogP contribution in [0.25, 0.3) is 0 Å². The van der Waals surface area contributed by atoms with E-state index < -0.39 is 5.97 Å². The molecule has 1 heterocycles. The highest BCUT2D eigenvalue weighted by molar-refractivity contribution is 5.92. The Balaban J connectivity index is 2.40. The fourth-order valence-corrected chi connectivity index (χ4v) is 2.02. The average molecular weight is 277 g/mol. The Morgan fingerprint density at radius 1 is 1.50 bits per heavy atom. The number of esters is 1. The second-order valence-electron chi connectivity index (χ2n) is 4.32. The van der Waals surface area contributed by atoms with E-state index in [4.69, 9.17) is 5.73 Å². The van der Waals surface area contributed by atoms with E-state index in [9.17, 15) is 9.18 Å². The number of benzene rings is 1. The minimum atomic E-state index is -0.574. The Morgan fingerprint density at radius 3 is 2.85 bits per heavy atom. The SMILES string of the molecule is CCc1nc(C(=O)OC)c(N)n1Cc1cccc(F)c1. The lowest BCUT2D eigenvalue weighted by atomic mass is 10.2. The largest absolute Gasteiger partial charge is 0.464 e. The molecule has 2 N–H and O–H groups in total. The third-order valence-corrected chi connectivity index (χ3v) is 3.01. The molecule has 106 valence electrons. The van der Waals surface area contributed by atoms with E-state index in [-0.39, 0.29) is 17.3 Å². The van der Waals surface area contributed by atoms with Crippen LogP contribution in [0, 0.1) is 5.82 Å². The van der Waals surface area contributed by atoms with Gasteiger partial charge in [0.05, 0.1) is 13.7 Å². The van der Waals surface area contributed by atoms with Crippen molar-refractivity contribution in [3.63, 3.8) is 0 Å². The van der Waals surface area contributed by atoms with Crippen LogP contribution >= 0.6 is 0 Å². The predicted molar refractivity (Wildman–Crippen MR) is 72.9 cm³/mol. The molecule has 5 nitrogen and oxygen atoms in total. The number of ether oxygens (including phenoxy) is 1. The second-order valence-corrected chi connectivity index (χ2v) is 4.32. The molecule has 0 aliphatic rings. The number of nitrogen functional groups attached to an aromatic ring is 1. The zero-order valence-corrected chi connectivity index (χ0v) is 11.4. The number of hydrogen-bond acceptors (Lipinski definition) is 4.